The quantitative estimate of drug-likeness (QED) is 0.831. The van der Waals surface area contributed by atoms with E-state index in [4.69, 9.17) is 4.74 Å². The summed E-state index contributed by atoms with van der Waals surface area (Å²) in [5.41, 5.74) is 1.20. The van der Waals surface area contributed by atoms with E-state index in [1.807, 2.05) is 0 Å². The van der Waals surface area contributed by atoms with E-state index in [1.54, 1.807) is 25.2 Å². The fourth-order valence-electron chi connectivity index (χ4n) is 3.03. The van der Waals surface area contributed by atoms with Crippen molar-refractivity contribution < 1.29 is 14.3 Å². The number of ether oxygens (including phenoxy) is 1. The SMILES string of the molecule is CN1C(=O)COc2ccc(C(=O)NCCCN3CCCC3)cc21. The van der Waals surface area contributed by atoms with Gasteiger partial charge in [-0.05, 0) is 57.1 Å². The molecule has 0 radical (unpaired) electrons. The molecule has 1 aromatic carbocycles. The highest BCUT2D eigenvalue weighted by Crippen LogP contribution is 2.31. The Morgan fingerprint density at radius 1 is 1.30 bits per heavy atom. The Hall–Kier alpha value is -2.08. The molecule has 2 amide bonds. The van der Waals surface area contributed by atoms with Crippen LogP contribution in [0.25, 0.3) is 0 Å². The number of nitrogens with zero attached hydrogens (tertiary/aromatic N) is 2. The fraction of sp³-hybridized carbons (Fsp3) is 0.529. The molecule has 0 aliphatic carbocycles. The maximum Gasteiger partial charge on any atom is 0.264 e. The molecule has 2 aliphatic rings. The van der Waals surface area contributed by atoms with E-state index in [1.165, 1.54) is 30.8 Å². The van der Waals surface area contributed by atoms with Crippen molar-refractivity contribution >= 4 is 17.5 Å². The summed E-state index contributed by atoms with van der Waals surface area (Å²) in [4.78, 5) is 27.9. The van der Waals surface area contributed by atoms with Crippen molar-refractivity contribution in [3.8, 4) is 5.75 Å². The molecule has 23 heavy (non-hydrogen) atoms. The second kappa shape index (κ2) is 7.00. The van der Waals surface area contributed by atoms with Crippen LogP contribution in [0.5, 0.6) is 5.75 Å². The molecule has 0 aromatic heterocycles. The summed E-state index contributed by atoms with van der Waals surface area (Å²) in [6, 6.07) is 5.19. The third-order valence-corrected chi connectivity index (χ3v) is 4.44. The molecule has 0 bridgehead atoms. The topological polar surface area (TPSA) is 61.9 Å². The Morgan fingerprint density at radius 2 is 2.09 bits per heavy atom. The number of carbonyl (C=O) groups is 2. The number of likely N-dealkylation sites (tertiary alicyclic amines) is 1. The summed E-state index contributed by atoms with van der Waals surface area (Å²) in [6.07, 6.45) is 3.53. The maximum atomic E-state index is 12.2. The molecular formula is C17H23N3O3. The lowest BCUT2D eigenvalue weighted by Gasteiger charge is -2.26. The number of likely N-dealkylation sites (N-methyl/N-ethyl adjacent to an activating group) is 1. The van der Waals surface area contributed by atoms with Gasteiger partial charge in [-0.15, -0.1) is 0 Å². The lowest BCUT2D eigenvalue weighted by molar-refractivity contribution is -0.120. The van der Waals surface area contributed by atoms with Gasteiger partial charge >= 0.3 is 0 Å². The number of nitrogens with one attached hydrogen (secondary N) is 1. The molecule has 1 fully saturated rings. The maximum absolute atomic E-state index is 12.2. The Labute approximate surface area is 136 Å². The van der Waals surface area contributed by atoms with Gasteiger partial charge in [0, 0.05) is 19.2 Å². The minimum atomic E-state index is -0.111. The molecular weight excluding hydrogens is 294 g/mol. The number of rotatable bonds is 5. The third-order valence-electron chi connectivity index (χ3n) is 4.44. The molecule has 124 valence electrons. The first kappa shape index (κ1) is 15.8. The van der Waals surface area contributed by atoms with Crippen LogP contribution < -0.4 is 15.0 Å². The van der Waals surface area contributed by atoms with Gasteiger partial charge in [-0.25, -0.2) is 0 Å². The molecule has 6 nitrogen and oxygen atoms in total. The van der Waals surface area contributed by atoms with Crippen molar-refractivity contribution in [3.63, 3.8) is 0 Å². The molecule has 2 heterocycles. The van der Waals surface area contributed by atoms with E-state index < -0.39 is 0 Å². The van der Waals surface area contributed by atoms with Crippen molar-refractivity contribution in [1.82, 2.24) is 10.2 Å². The van der Waals surface area contributed by atoms with E-state index in [-0.39, 0.29) is 18.4 Å². The van der Waals surface area contributed by atoms with Crippen molar-refractivity contribution in [2.75, 3.05) is 44.7 Å². The first-order valence-corrected chi connectivity index (χ1v) is 8.19. The molecule has 1 N–H and O–H groups in total. The number of hydrogen-bond donors (Lipinski definition) is 1. The fourth-order valence-corrected chi connectivity index (χ4v) is 3.03. The van der Waals surface area contributed by atoms with Crippen LogP contribution in [0.15, 0.2) is 18.2 Å². The summed E-state index contributed by atoms with van der Waals surface area (Å²) in [5, 5.41) is 2.95. The number of anilines is 1. The number of carbonyl (C=O) groups excluding carboxylic acids is 2. The van der Waals surface area contributed by atoms with Gasteiger partial charge in [-0.3, -0.25) is 9.59 Å². The predicted octanol–water partition coefficient (Wildman–Crippen LogP) is 1.26. The molecule has 1 aromatic rings. The van der Waals surface area contributed by atoms with E-state index in [2.05, 4.69) is 10.2 Å². The minimum Gasteiger partial charge on any atom is -0.482 e. The van der Waals surface area contributed by atoms with Crippen molar-refractivity contribution in [3.05, 3.63) is 23.8 Å². The first-order chi connectivity index (χ1) is 11.1. The second-order valence-corrected chi connectivity index (χ2v) is 6.08. The van der Waals surface area contributed by atoms with Crippen LogP contribution in [-0.4, -0.2) is 56.5 Å². The number of benzene rings is 1. The van der Waals surface area contributed by atoms with Crippen molar-refractivity contribution in [2.45, 2.75) is 19.3 Å². The largest absolute Gasteiger partial charge is 0.482 e. The van der Waals surface area contributed by atoms with Gasteiger partial charge in [-0.2, -0.15) is 0 Å². The van der Waals surface area contributed by atoms with Crippen LogP contribution >= 0.6 is 0 Å². The van der Waals surface area contributed by atoms with Crippen LogP contribution in [0.4, 0.5) is 5.69 Å². The highest BCUT2D eigenvalue weighted by Gasteiger charge is 2.23. The average molecular weight is 317 g/mol. The van der Waals surface area contributed by atoms with Gasteiger partial charge < -0.3 is 19.9 Å². The smallest absolute Gasteiger partial charge is 0.264 e. The zero-order valence-corrected chi connectivity index (χ0v) is 13.5. The average Bonchev–Trinajstić information content (AvgIpc) is 3.08. The van der Waals surface area contributed by atoms with Gasteiger partial charge in [0.2, 0.25) is 0 Å². The molecule has 1 saturated heterocycles. The molecule has 0 saturated carbocycles. The predicted molar refractivity (Wildman–Crippen MR) is 88.0 cm³/mol. The van der Waals surface area contributed by atoms with Gasteiger partial charge in [-0.1, -0.05) is 0 Å². The third kappa shape index (κ3) is 3.64. The van der Waals surface area contributed by atoms with Gasteiger partial charge in [0.25, 0.3) is 11.8 Å². The van der Waals surface area contributed by atoms with Crippen LogP contribution in [0.2, 0.25) is 0 Å². The number of fused-ring (bicyclic) bond motifs is 1. The molecule has 6 heteroatoms. The Kier molecular flexibility index (Phi) is 4.81. The van der Waals surface area contributed by atoms with Crippen LogP contribution in [0.3, 0.4) is 0 Å². The van der Waals surface area contributed by atoms with Gasteiger partial charge in [0.15, 0.2) is 6.61 Å². The Bertz CT molecular complexity index is 597. The van der Waals surface area contributed by atoms with Crippen LogP contribution in [-0.2, 0) is 4.79 Å². The van der Waals surface area contributed by atoms with E-state index >= 15 is 0 Å². The second-order valence-electron chi connectivity index (χ2n) is 6.08. The Morgan fingerprint density at radius 3 is 2.87 bits per heavy atom. The van der Waals surface area contributed by atoms with Crippen molar-refractivity contribution in [1.29, 1.82) is 0 Å². The normalized spacial score (nSPS) is 17.8. The summed E-state index contributed by atoms with van der Waals surface area (Å²) < 4.78 is 5.37. The molecule has 3 rings (SSSR count). The monoisotopic (exact) mass is 317 g/mol. The van der Waals surface area contributed by atoms with Gasteiger partial charge in [0.1, 0.15) is 5.75 Å². The first-order valence-electron chi connectivity index (χ1n) is 8.19. The molecule has 2 aliphatic heterocycles. The van der Waals surface area contributed by atoms with Gasteiger partial charge in [0.05, 0.1) is 5.69 Å². The lowest BCUT2D eigenvalue weighted by Crippen LogP contribution is -2.35. The van der Waals surface area contributed by atoms with Crippen LogP contribution in [0, 0.1) is 0 Å². The number of amides is 2. The highest BCUT2D eigenvalue weighted by molar-refractivity contribution is 6.00. The van der Waals surface area contributed by atoms with E-state index in [0.29, 0.717) is 23.5 Å². The standard InChI is InChI=1S/C17H23N3O3/c1-19-14-11-13(5-6-15(14)23-12-16(19)21)17(22)18-7-4-10-20-8-2-3-9-20/h5-6,11H,2-4,7-10,12H2,1H3,(H,18,22). The van der Waals surface area contributed by atoms with E-state index in [9.17, 15) is 9.59 Å². The molecule has 0 unspecified atom stereocenters. The molecule has 0 spiro atoms. The highest BCUT2D eigenvalue weighted by atomic mass is 16.5. The van der Waals surface area contributed by atoms with E-state index in [0.717, 1.165) is 13.0 Å². The summed E-state index contributed by atoms with van der Waals surface area (Å²) in [7, 11) is 1.70. The summed E-state index contributed by atoms with van der Waals surface area (Å²) >= 11 is 0. The Balaban J connectivity index is 1.54. The number of hydrogen-bond acceptors (Lipinski definition) is 4. The summed E-state index contributed by atoms with van der Waals surface area (Å²) in [5.74, 6) is 0.416. The molecule has 0 atom stereocenters. The van der Waals surface area contributed by atoms with Crippen LogP contribution in [0.1, 0.15) is 29.6 Å². The zero-order valence-electron chi connectivity index (χ0n) is 13.5. The zero-order chi connectivity index (χ0) is 16.2. The summed E-state index contributed by atoms with van der Waals surface area (Å²) in [6.45, 7) is 4.11. The lowest BCUT2D eigenvalue weighted by atomic mass is 10.1. The van der Waals surface area contributed by atoms with Crippen molar-refractivity contribution in [2.24, 2.45) is 0 Å². The minimum absolute atomic E-state index is 0.0472.